The number of hydrogen-bond acceptors (Lipinski definition) is 8. The molecular formula is C27H33O8P. The number of ether oxygens (including phenoxy) is 8. The maximum Gasteiger partial charge on any atom is 0.134 e. The zero-order valence-electron chi connectivity index (χ0n) is 22.2. The van der Waals surface area contributed by atoms with Crippen molar-refractivity contribution in [3.63, 3.8) is 0 Å². The summed E-state index contributed by atoms with van der Waals surface area (Å²) >= 11 is 0. The van der Waals surface area contributed by atoms with Gasteiger partial charge in [0.1, 0.15) is 46.0 Å². The van der Waals surface area contributed by atoms with Gasteiger partial charge in [0.25, 0.3) is 0 Å². The largest absolute Gasteiger partial charge is 0.496 e. The summed E-state index contributed by atoms with van der Waals surface area (Å²) in [6.45, 7) is 1.99. The highest BCUT2D eigenvalue weighted by Crippen LogP contribution is 2.51. The fraction of sp³-hybridized carbons (Fsp3) is 0.333. The first-order chi connectivity index (χ1) is 17.4. The highest BCUT2D eigenvalue weighted by atomic mass is 31.1. The third-order valence-corrected chi connectivity index (χ3v) is 8.34. The molecule has 0 unspecified atom stereocenters. The lowest BCUT2D eigenvalue weighted by Gasteiger charge is -2.29. The van der Waals surface area contributed by atoms with Crippen molar-refractivity contribution in [1.82, 2.24) is 0 Å². The summed E-state index contributed by atoms with van der Waals surface area (Å²) in [5.74, 6) is 4.78. The van der Waals surface area contributed by atoms with Crippen molar-refractivity contribution in [1.29, 1.82) is 0 Å². The van der Waals surface area contributed by atoms with E-state index in [1.807, 2.05) is 43.3 Å². The Balaban J connectivity index is 2.59. The van der Waals surface area contributed by atoms with Crippen molar-refractivity contribution in [2.45, 2.75) is 6.92 Å². The molecule has 0 amide bonds. The number of hydrogen-bond donors (Lipinski definition) is 0. The molecule has 0 bridgehead atoms. The normalized spacial score (nSPS) is 10.6. The van der Waals surface area contributed by atoms with Crippen LogP contribution in [-0.4, -0.2) is 56.9 Å². The Morgan fingerprint density at radius 1 is 0.389 bits per heavy atom. The molecule has 0 aliphatic heterocycles. The first-order valence-corrected chi connectivity index (χ1v) is 12.4. The van der Waals surface area contributed by atoms with Crippen LogP contribution < -0.4 is 53.8 Å². The molecule has 0 aliphatic carbocycles. The fourth-order valence-corrected chi connectivity index (χ4v) is 6.92. The molecule has 9 heteroatoms. The van der Waals surface area contributed by atoms with Crippen LogP contribution in [-0.2, 0) is 0 Å². The molecular weight excluding hydrogens is 483 g/mol. The fourth-order valence-electron chi connectivity index (χ4n) is 4.00. The Morgan fingerprint density at radius 2 is 0.639 bits per heavy atom. The standard InChI is InChI=1S/C27H33O8P/c1-16-10-19(30-4)25(20(11-16)31-5)36(26-21(32-6)12-17(28-2)13-22(26)33-7)27-23(34-8)14-18(29-3)15-24(27)35-9/h10-15H,1-9H3. The summed E-state index contributed by atoms with van der Waals surface area (Å²) in [6, 6.07) is 11.2. The SMILES string of the molecule is COc1cc(OC)c(P(c2c(OC)cc(C)cc2OC)c2c(OC)cc(OC)cc2OC)c(OC)c1. The minimum absolute atomic E-state index is 0.571. The summed E-state index contributed by atoms with van der Waals surface area (Å²) in [5.41, 5.74) is 0.990. The van der Waals surface area contributed by atoms with E-state index in [0.717, 1.165) is 21.5 Å². The highest BCUT2D eigenvalue weighted by Gasteiger charge is 2.35. The summed E-state index contributed by atoms with van der Waals surface area (Å²) in [4.78, 5) is 0. The summed E-state index contributed by atoms with van der Waals surface area (Å²) < 4.78 is 46.3. The zero-order chi connectivity index (χ0) is 26.4. The minimum Gasteiger partial charge on any atom is -0.496 e. The quantitative estimate of drug-likeness (QED) is 0.356. The molecule has 0 fully saturated rings. The van der Waals surface area contributed by atoms with E-state index in [9.17, 15) is 0 Å². The lowest BCUT2D eigenvalue weighted by molar-refractivity contribution is 0.379. The Labute approximate surface area is 213 Å². The monoisotopic (exact) mass is 516 g/mol. The maximum atomic E-state index is 5.90. The number of methoxy groups -OCH3 is 8. The van der Waals surface area contributed by atoms with Gasteiger partial charge in [0.05, 0.1) is 72.8 Å². The lowest BCUT2D eigenvalue weighted by Crippen LogP contribution is -2.27. The Kier molecular flexibility index (Phi) is 8.99. The van der Waals surface area contributed by atoms with Gasteiger partial charge in [-0.1, -0.05) is 0 Å². The van der Waals surface area contributed by atoms with Crippen LogP contribution in [0.1, 0.15) is 5.56 Å². The van der Waals surface area contributed by atoms with Crippen LogP contribution >= 0.6 is 7.92 Å². The zero-order valence-corrected chi connectivity index (χ0v) is 23.1. The molecule has 3 aromatic rings. The third-order valence-electron chi connectivity index (χ3n) is 5.67. The Hall–Kier alpha value is -3.51. The molecule has 0 atom stereocenters. The first-order valence-electron chi connectivity index (χ1n) is 11.0. The van der Waals surface area contributed by atoms with Crippen molar-refractivity contribution >= 4 is 23.8 Å². The van der Waals surface area contributed by atoms with Crippen LogP contribution in [0.4, 0.5) is 0 Å². The summed E-state index contributed by atoms with van der Waals surface area (Å²) in [5, 5.41) is 2.36. The molecule has 8 nitrogen and oxygen atoms in total. The predicted molar refractivity (Wildman–Crippen MR) is 142 cm³/mol. The molecule has 36 heavy (non-hydrogen) atoms. The van der Waals surface area contributed by atoms with Crippen LogP contribution in [0.15, 0.2) is 36.4 Å². The van der Waals surface area contributed by atoms with Gasteiger partial charge in [-0.2, -0.15) is 0 Å². The first kappa shape index (κ1) is 27.1. The summed E-state index contributed by atoms with van der Waals surface area (Å²) in [6.07, 6.45) is 0. The molecule has 0 radical (unpaired) electrons. The Morgan fingerprint density at radius 3 is 0.861 bits per heavy atom. The smallest absolute Gasteiger partial charge is 0.134 e. The second-order valence-corrected chi connectivity index (χ2v) is 9.63. The third kappa shape index (κ3) is 5.05. The van der Waals surface area contributed by atoms with Crippen LogP contribution in [0.25, 0.3) is 0 Å². The number of aryl methyl sites for hydroxylation is 1. The van der Waals surface area contributed by atoms with Gasteiger partial charge in [0, 0.05) is 32.2 Å². The molecule has 0 saturated carbocycles. The number of benzene rings is 3. The lowest BCUT2D eigenvalue weighted by atomic mass is 10.2. The van der Waals surface area contributed by atoms with Gasteiger partial charge in [-0.3, -0.25) is 0 Å². The minimum atomic E-state index is -1.51. The topological polar surface area (TPSA) is 73.8 Å². The van der Waals surface area contributed by atoms with E-state index in [2.05, 4.69) is 0 Å². The van der Waals surface area contributed by atoms with Crippen molar-refractivity contribution in [3.05, 3.63) is 42.0 Å². The second kappa shape index (κ2) is 12.0. The molecule has 0 aromatic heterocycles. The van der Waals surface area contributed by atoms with E-state index in [1.54, 1.807) is 56.9 Å². The van der Waals surface area contributed by atoms with E-state index >= 15 is 0 Å². The van der Waals surface area contributed by atoms with E-state index < -0.39 is 7.92 Å². The van der Waals surface area contributed by atoms with Gasteiger partial charge in [-0.05, 0) is 24.6 Å². The van der Waals surface area contributed by atoms with Crippen molar-refractivity contribution < 1.29 is 37.9 Å². The highest BCUT2D eigenvalue weighted by molar-refractivity contribution is 7.81. The molecule has 0 aliphatic rings. The molecule has 0 saturated heterocycles. The van der Waals surface area contributed by atoms with E-state index in [1.165, 1.54) is 0 Å². The predicted octanol–water partition coefficient (Wildman–Crippen LogP) is 3.82. The van der Waals surface area contributed by atoms with Crippen LogP contribution in [0.2, 0.25) is 0 Å². The van der Waals surface area contributed by atoms with Gasteiger partial charge in [-0.25, -0.2) is 0 Å². The number of rotatable bonds is 11. The molecule has 0 heterocycles. The Bertz CT molecular complexity index is 1070. The average Bonchev–Trinajstić information content (AvgIpc) is 2.92. The van der Waals surface area contributed by atoms with Crippen molar-refractivity contribution in [3.8, 4) is 46.0 Å². The molecule has 194 valence electrons. The van der Waals surface area contributed by atoms with E-state index in [4.69, 9.17) is 37.9 Å². The van der Waals surface area contributed by atoms with Crippen molar-refractivity contribution in [2.75, 3.05) is 56.9 Å². The molecule has 3 rings (SSSR count). The van der Waals surface area contributed by atoms with E-state index in [-0.39, 0.29) is 0 Å². The molecule has 0 N–H and O–H groups in total. The van der Waals surface area contributed by atoms with Gasteiger partial charge in [0.15, 0.2) is 0 Å². The van der Waals surface area contributed by atoms with Gasteiger partial charge in [-0.15, -0.1) is 0 Å². The van der Waals surface area contributed by atoms with Gasteiger partial charge >= 0.3 is 0 Å². The molecule has 0 spiro atoms. The maximum absolute atomic E-state index is 5.90. The van der Waals surface area contributed by atoms with Crippen molar-refractivity contribution in [2.24, 2.45) is 0 Å². The van der Waals surface area contributed by atoms with Gasteiger partial charge in [0.2, 0.25) is 0 Å². The average molecular weight is 517 g/mol. The summed E-state index contributed by atoms with van der Waals surface area (Å²) in [7, 11) is 11.4. The van der Waals surface area contributed by atoms with E-state index in [0.29, 0.717) is 46.0 Å². The van der Waals surface area contributed by atoms with Gasteiger partial charge < -0.3 is 37.9 Å². The molecule has 3 aromatic carbocycles. The van der Waals surface area contributed by atoms with Crippen LogP contribution in [0, 0.1) is 6.92 Å². The second-order valence-electron chi connectivity index (χ2n) is 7.61. The van der Waals surface area contributed by atoms with Crippen LogP contribution in [0.3, 0.4) is 0 Å². The van der Waals surface area contributed by atoms with Crippen LogP contribution in [0.5, 0.6) is 46.0 Å².